The van der Waals surface area contributed by atoms with E-state index in [1.807, 2.05) is 18.2 Å². The molecular weight excluding hydrogens is 328 g/mol. The summed E-state index contributed by atoms with van der Waals surface area (Å²) in [4.78, 5) is 21.8. The van der Waals surface area contributed by atoms with Crippen molar-refractivity contribution in [3.63, 3.8) is 0 Å². The maximum absolute atomic E-state index is 11.4. The molecule has 0 amide bonds. The van der Waals surface area contributed by atoms with E-state index >= 15 is 0 Å². The van der Waals surface area contributed by atoms with E-state index < -0.39 is 11.9 Å². The molecule has 0 fully saturated rings. The van der Waals surface area contributed by atoms with E-state index in [1.165, 1.54) is 0 Å². The molecule has 1 atom stereocenters. The highest BCUT2D eigenvalue weighted by molar-refractivity contribution is 9.10. The zero-order valence-electron chi connectivity index (χ0n) is 11.4. The molecular formula is C14H17BrO5. The van der Waals surface area contributed by atoms with Crippen molar-refractivity contribution in [2.24, 2.45) is 0 Å². The monoisotopic (exact) mass is 344 g/mol. The molecule has 20 heavy (non-hydrogen) atoms. The van der Waals surface area contributed by atoms with Gasteiger partial charge in [-0.05, 0) is 40.5 Å². The highest BCUT2D eigenvalue weighted by Gasteiger charge is 2.12. The van der Waals surface area contributed by atoms with Crippen molar-refractivity contribution < 1.29 is 24.2 Å². The summed E-state index contributed by atoms with van der Waals surface area (Å²) in [6, 6.07) is 5.63. The Balaban J connectivity index is 2.49. The molecule has 0 aliphatic rings. The first-order valence-electron chi connectivity index (χ1n) is 6.16. The van der Waals surface area contributed by atoms with Crippen LogP contribution in [0.2, 0.25) is 0 Å². The van der Waals surface area contributed by atoms with Gasteiger partial charge in [-0.3, -0.25) is 9.59 Å². The smallest absolute Gasteiger partial charge is 0.306 e. The van der Waals surface area contributed by atoms with Gasteiger partial charge in [0.25, 0.3) is 0 Å². The Kier molecular flexibility index (Phi) is 6.51. The van der Waals surface area contributed by atoms with Crippen LogP contribution in [0.1, 0.15) is 25.3 Å². The van der Waals surface area contributed by atoms with E-state index in [9.17, 15) is 9.59 Å². The summed E-state index contributed by atoms with van der Waals surface area (Å²) in [5, 5.41) is 8.49. The Hall–Kier alpha value is -1.56. The third kappa shape index (κ3) is 5.61. The second kappa shape index (κ2) is 7.89. The van der Waals surface area contributed by atoms with Crippen molar-refractivity contribution in [1.29, 1.82) is 0 Å². The molecule has 0 spiro atoms. The quantitative estimate of drug-likeness (QED) is 0.770. The van der Waals surface area contributed by atoms with Gasteiger partial charge in [0.05, 0.1) is 24.4 Å². The summed E-state index contributed by atoms with van der Waals surface area (Å²) >= 11 is 3.39. The number of carbonyl (C=O) groups is 2. The zero-order valence-corrected chi connectivity index (χ0v) is 13.0. The van der Waals surface area contributed by atoms with Gasteiger partial charge in [-0.25, -0.2) is 0 Å². The van der Waals surface area contributed by atoms with E-state index in [1.54, 1.807) is 14.0 Å². The summed E-state index contributed by atoms with van der Waals surface area (Å²) in [5.41, 5.74) is 0.996. The van der Waals surface area contributed by atoms with Crippen LogP contribution in [0, 0.1) is 0 Å². The van der Waals surface area contributed by atoms with Crippen LogP contribution >= 0.6 is 15.9 Å². The average molecular weight is 345 g/mol. The van der Waals surface area contributed by atoms with E-state index in [2.05, 4.69) is 15.9 Å². The van der Waals surface area contributed by atoms with Gasteiger partial charge in [-0.1, -0.05) is 6.07 Å². The van der Waals surface area contributed by atoms with Crippen LogP contribution in [0.3, 0.4) is 0 Å². The molecule has 0 radical (unpaired) electrons. The van der Waals surface area contributed by atoms with Gasteiger partial charge in [0.15, 0.2) is 0 Å². The van der Waals surface area contributed by atoms with Crippen molar-refractivity contribution in [1.82, 2.24) is 0 Å². The van der Waals surface area contributed by atoms with Crippen LogP contribution in [-0.4, -0.2) is 30.3 Å². The molecule has 1 aromatic rings. The van der Waals surface area contributed by atoms with Crippen LogP contribution < -0.4 is 4.74 Å². The van der Waals surface area contributed by atoms with Crippen LogP contribution in [0.25, 0.3) is 0 Å². The topological polar surface area (TPSA) is 72.8 Å². The number of ether oxygens (including phenoxy) is 2. The number of carbonyl (C=O) groups excluding carboxylic acids is 1. The molecule has 0 saturated heterocycles. The maximum atomic E-state index is 11.4. The lowest BCUT2D eigenvalue weighted by molar-refractivity contribution is -0.151. The van der Waals surface area contributed by atoms with Crippen LogP contribution in [0.15, 0.2) is 22.7 Å². The lowest BCUT2D eigenvalue weighted by Gasteiger charge is -2.14. The number of methoxy groups -OCH3 is 1. The molecule has 0 bridgehead atoms. The number of rotatable bonds is 7. The zero-order chi connectivity index (χ0) is 15.1. The summed E-state index contributed by atoms with van der Waals surface area (Å²) in [6.45, 7) is 1.77. The largest absolute Gasteiger partial charge is 0.496 e. The molecule has 5 nitrogen and oxygen atoms in total. The Bertz CT molecular complexity index is 486. The second-order valence-corrected chi connectivity index (χ2v) is 5.22. The van der Waals surface area contributed by atoms with Crippen molar-refractivity contribution in [2.75, 3.05) is 7.11 Å². The standard InChI is InChI=1S/C14H17BrO5/c1-9(20-14(18)6-5-13(16)17)7-10-3-4-12(19-2)11(15)8-10/h3-4,8-9H,5-7H2,1-2H3,(H,16,17)/t9-/m0/s1. The predicted molar refractivity (Wildman–Crippen MR) is 76.8 cm³/mol. The van der Waals surface area contributed by atoms with Crippen LogP contribution in [-0.2, 0) is 20.7 Å². The minimum Gasteiger partial charge on any atom is -0.496 e. The number of aliphatic carboxylic acids is 1. The lowest BCUT2D eigenvalue weighted by atomic mass is 10.1. The average Bonchev–Trinajstić information content (AvgIpc) is 2.36. The van der Waals surface area contributed by atoms with E-state index in [0.29, 0.717) is 6.42 Å². The number of hydrogen-bond acceptors (Lipinski definition) is 4. The number of halogens is 1. The molecule has 1 aromatic carbocycles. The Morgan fingerprint density at radius 2 is 2.05 bits per heavy atom. The fourth-order valence-electron chi connectivity index (χ4n) is 1.70. The van der Waals surface area contributed by atoms with Crippen molar-refractivity contribution in [2.45, 2.75) is 32.3 Å². The summed E-state index contributed by atoms with van der Waals surface area (Å²) in [5.74, 6) is -0.763. The van der Waals surface area contributed by atoms with Crippen LogP contribution in [0.5, 0.6) is 5.75 Å². The van der Waals surface area contributed by atoms with Gasteiger partial charge >= 0.3 is 11.9 Å². The molecule has 110 valence electrons. The third-order valence-corrected chi connectivity index (χ3v) is 3.23. The highest BCUT2D eigenvalue weighted by atomic mass is 79.9. The Labute approximate surface area is 126 Å². The number of carboxylic acids is 1. The van der Waals surface area contributed by atoms with E-state index in [0.717, 1.165) is 15.8 Å². The fourth-order valence-corrected chi connectivity index (χ4v) is 2.29. The lowest BCUT2D eigenvalue weighted by Crippen LogP contribution is -2.18. The van der Waals surface area contributed by atoms with Gasteiger partial charge in [-0.2, -0.15) is 0 Å². The molecule has 0 heterocycles. The van der Waals surface area contributed by atoms with Crippen LogP contribution in [0.4, 0.5) is 0 Å². The first-order chi connectivity index (χ1) is 9.42. The Morgan fingerprint density at radius 3 is 2.60 bits per heavy atom. The van der Waals surface area contributed by atoms with Gasteiger partial charge in [0.2, 0.25) is 0 Å². The molecule has 6 heteroatoms. The molecule has 0 unspecified atom stereocenters. The minimum absolute atomic E-state index is 0.105. The number of esters is 1. The maximum Gasteiger partial charge on any atom is 0.306 e. The molecule has 0 saturated carbocycles. The van der Waals surface area contributed by atoms with Crippen molar-refractivity contribution in [3.8, 4) is 5.75 Å². The van der Waals surface area contributed by atoms with Gasteiger partial charge in [0, 0.05) is 6.42 Å². The van der Waals surface area contributed by atoms with Gasteiger partial charge in [0.1, 0.15) is 11.9 Å². The number of benzene rings is 1. The molecule has 1 N–H and O–H groups in total. The molecule has 0 aromatic heterocycles. The molecule has 0 aliphatic heterocycles. The normalized spacial score (nSPS) is 11.8. The summed E-state index contributed by atoms with van der Waals surface area (Å²) in [6.07, 6.45) is -0.0656. The highest BCUT2D eigenvalue weighted by Crippen LogP contribution is 2.26. The first kappa shape index (κ1) is 16.5. The summed E-state index contributed by atoms with van der Waals surface area (Å²) in [7, 11) is 1.59. The Morgan fingerprint density at radius 1 is 1.35 bits per heavy atom. The molecule has 0 aliphatic carbocycles. The second-order valence-electron chi connectivity index (χ2n) is 4.37. The van der Waals surface area contributed by atoms with E-state index in [4.69, 9.17) is 14.6 Å². The number of hydrogen-bond donors (Lipinski definition) is 1. The molecule has 1 rings (SSSR count). The van der Waals surface area contributed by atoms with Gasteiger partial charge in [-0.15, -0.1) is 0 Å². The third-order valence-electron chi connectivity index (χ3n) is 2.61. The summed E-state index contributed by atoms with van der Waals surface area (Å²) < 4.78 is 11.1. The van der Waals surface area contributed by atoms with Gasteiger partial charge < -0.3 is 14.6 Å². The number of carboxylic acid groups (broad SMARTS) is 1. The van der Waals surface area contributed by atoms with Crippen molar-refractivity contribution in [3.05, 3.63) is 28.2 Å². The SMILES string of the molecule is COc1ccc(C[C@H](C)OC(=O)CCC(=O)O)cc1Br. The predicted octanol–water partition coefficient (Wildman–Crippen LogP) is 2.80. The fraction of sp³-hybridized carbons (Fsp3) is 0.429. The van der Waals surface area contributed by atoms with Crippen molar-refractivity contribution >= 4 is 27.9 Å². The first-order valence-corrected chi connectivity index (χ1v) is 6.95. The minimum atomic E-state index is -1.01. The van der Waals surface area contributed by atoms with E-state index in [-0.39, 0.29) is 18.9 Å².